The van der Waals surface area contributed by atoms with E-state index in [4.69, 9.17) is 5.73 Å². The van der Waals surface area contributed by atoms with Gasteiger partial charge in [-0.05, 0) is 18.8 Å². The number of anilines is 1. The Morgan fingerprint density at radius 1 is 1.21 bits per heavy atom. The van der Waals surface area contributed by atoms with E-state index in [2.05, 4.69) is 20.5 Å². The van der Waals surface area contributed by atoms with Crippen LogP contribution >= 0.6 is 0 Å². The number of aromatic nitrogens is 3. The minimum absolute atomic E-state index is 0.119. The topological polar surface area (TPSA) is 93.8 Å². The van der Waals surface area contributed by atoms with E-state index in [1.54, 1.807) is 0 Å². The molecule has 1 aromatic rings. The lowest BCUT2D eigenvalue weighted by atomic mass is 10.00. The van der Waals surface area contributed by atoms with E-state index < -0.39 is 6.04 Å². The summed E-state index contributed by atoms with van der Waals surface area (Å²) in [5.74, 6) is 0.0915. The van der Waals surface area contributed by atoms with Gasteiger partial charge in [0, 0.05) is 0 Å². The Morgan fingerprint density at radius 3 is 2.37 bits per heavy atom. The predicted octanol–water partition coefficient (Wildman–Crippen LogP) is 1.31. The second-order valence-corrected chi connectivity index (χ2v) is 4.64. The van der Waals surface area contributed by atoms with Gasteiger partial charge in [0.05, 0.1) is 17.4 Å². The van der Waals surface area contributed by atoms with E-state index in [1.165, 1.54) is 0 Å². The van der Waals surface area contributed by atoms with Gasteiger partial charge in [-0.1, -0.05) is 34.1 Å². The van der Waals surface area contributed by atoms with Crippen molar-refractivity contribution in [2.24, 2.45) is 11.7 Å². The molecule has 0 saturated carbocycles. The van der Waals surface area contributed by atoms with Crippen LogP contribution in [0.4, 0.5) is 5.95 Å². The largest absolute Gasteiger partial charge is 0.320 e. The average molecular weight is 265 g/mol. The van der Waals surface area contributed by atoms with Crippen molar-refractivity contribution in [2.75, 3.05) is 5.32 Å². The van der Waals surface area contributed by atoms with Gasteiger partial charge in [0.1, 0.15) is 0 Å². The zero-order valence-corrected chi connectivity index (χ0v) is 12.1. The molecule has 0 aliphatic heterocycles. The fourth-order valence-electron chi connectivity index (χ4n) is 1.70. The lowest BCUT2D eigenvalue weighted by Crippen LogP contribution is -2.41. The van der Waals surface area contributed by atoms with Crippen LogP contribution in [0, 0.1) is 5.92 Å². The molecule has 1 rings (SSSR count). The molecule has 2 atom stereocenters. The van der Waals surface area contributed by atoms with E-state index in [-0.39, 0.29) is 17.8 Å². The van der Waals surface area contributed by atoms with Crippen molar-refractivity contribution < 1.29 is 4.79 Å². The van der Waals surface area contributed by atoms with Crippen molar-refractivity contribution in [3.8, 4) is 0 Å². The Balaban J connectivity index is 2.80. The summed E-state index contributed by atoms with van der Waals surface area (Å²) in [5.41, 5.74) is 7.59. The number of hydrogen-bond acceptors (Lipinski definition) is 5. The maximum Gasteiger partial charge on any atom is 0.249 e. The number of rotatable bonds is 6. The third kappa shape index (κ3) is 3.96. The molecule has 1 amide bonds. The van der Waals surface area contributed by atoms with Crippen LogP contribution in [0.15, 0.2) is 0 Å². The molecule has 0 aromatic carbocycles. The first-order valence-electron chi connectivity index (χ1n) is 6.82. The second kappa shape index (κ2) is 7.13. The van der Waals surface area contributed by atoms with Crippen molar-refractivity contribution >= 4 is 11.9 Å². The summed E-state index contributed by atoms with van der Waals surface area (Å²) in [6.07, 6.45) is 2.39. The molecule has 0 fully saturated rings. The fourth-order valence-corrected chi connectivity index (χ4v) is 1.70. The zero-order chi connectivity index (χ0) is 14.4. The maximum absolute atomic E-state index is 11.9. The van der Waals surface area contributed by atoms with E-state index in [1.807, 2.05) is 27.7 Å². The van der Waals surface area contributed by atoms with Gasteiger partial charge in [-0.25, -0.2) is 4.98 Å². The first kappa shape index (κ1) is 15.5. The monoisotopic (exact) mass is 265 g/mol. The Kier molecular flexibility index (Phi) is 5.82. The first-order valence-corrected chi connectivity index (χ1v) is 6.82. The predicted molar refractivity (Wildman–Crippen MR) is 74.6 cm³/mol. The molecule has 0 aliphatic rings. The number of carbonyl (C=O) groups excluding carboxylic acids is 1. The first-order chi connectivity index (χ1) is 9.03. The lowest BCUT2D eigenvalue weighted by molar-refractivity contribution is -0.118. The number of nitrogens with one attached hydrogen (secondary N) is 1. The fraction of sp³-hybridized carbons (Fsp3) is 0.692. The third-order valence-corrected chi connectivity index (χ3v) is 3.30. The summed E-state index contributed by atoms with van der Waals surface area (Å²) >= 11 is 0. The molecule has 1 heterocycles. The van der Waals surface area contributed by atoms with Crippen molar-refractivity contribution in [2.45, 2.75) is 53.0 Å². The van der Waals surface area contributed by atoms with Crippen LogP contribution in [0.2, 0.25) is 0 Å². The van der Waals surface area contributed by atoms with Crippen LogP contribution in [-0.2, 0) is 17.6 Å². The van der Waals surface area contributed by atoms with Gasteiger partial charge in [0.25, 0.3) is 0 Å². The lowest BCUT2D eigenvalue weighted by Gasteiger charge is -2.17. The Morgan fingerprint density at radius 2 is 1.84 bits per heavy atom. The van der Waals surface area contributed by atoms with Gasteiger partial charge in [-0.15, -0.1) is 10.2 Å². The highest BCUT2D eigenvalue weighted by molar-refractivity contribution is 5.93. The molecule has 3 N–H and O–H groups in total. The summed E-state index contributed by atoms with van der Waals surface area (Å²) in [5, 5.41) is 10.6. The highest BCUT2D eigenvalue weighted by atomic mass is 16.2. The standard InChI is InChI=1S/C13H23N5O/c1-5-8(4)11(14)12(19)16-13-15-9(6-2)10(7-3)17-18-13/h8,11H,5-7,14H2,1-4H3,(H,15,16,18,19). The highest BCUT2D eigenvalue weighted by Crippen LogP contribution is 2.09. The van der Waals surface area contributed by atoms with Crippen molar-refractivity contribution in [3.63, 3.8) is 0 Å². The molecule has 0 radical (unpaired) electrons. The third-order valence-electron chi connectivity index (χ3n) is 3.30. The number of nitrogens with two attached hydrogens (primary N) is 1. The summed E-state index contributed by atoms with van der Waals surface area (Å²) in [6, 6.07) is -0.551. The molecule has 6 heteroatoms. The van der Waals surface area contributed by atoms with Crippen molar-refractivity contribution in [1.29, 1.82) is 0 Å². The smallest absolute Gasteiger partial charge is 0.249 e. The Labute approximate surface area is 114 Å². The minimum Gasteiger partial charge on any atom is -0.320 e. The van der Waals surface area contributed by atoms with Gasteiger partial charge in [-0.2, -0.15) is 0 Å². The summed E-state index contributed by atoms with van der Waals surface area (Å²) in [6.45, 7) is 7.95. The summed E-state index contributed by atoms with van der Waals surface area (Å²) in [4.78, 5) is 16.2. The number of aryl methyl sites for hydroxylation is 2. The van der Waals surface area contributed by atoms with Gasteiger partial charge in [0.2, 0.25) is 11.9 Å². The minimum atomic E-state index is -0.551. The summed E-state index contributed by atoms with van der Waals surface area (Å²) in [7, 11) is 0. The molecule has 2 unspecified atom stereocenters. The van der Waals surface area contributed by atoms with E-state index in [9.17, 15) is 4.79 Å². The number of carbonyl (C=O) groups is 1. The zero-order valence-electron chi connectivity index (χ0n) is 12.1. The highest BCUT2D eigenvalue weighted by Gasteiger charge is 2.20. The van der Waals surface area contributed by atoms with Gasteiger partial charge >= 0.3 is 0 Å². The molecular formula is C13H23N5O. The van der Waals surface area contributed by atoms with Crippen molar-refractivity contribution in [3.05, 3.63) is 11.4 Å². The van der Waals surface area contributed by atoms with E-state index in [0.717, 1.165) is 30.7 Å². The molecule has 6 nitrogen and oxygen atoms in total. The van der Waals surface area contributed by atoms with Crippen LogP contribution in [0.5, 0.6) is 0 Å². The number of nitrogens with zero attached hydrogens (tertiary/aromatic N) is 3. The Bertz CT molecular complexity index is 435. The maximum atomic E-state index is 11.9. The SMILES string of the molecule is CCc1nnc(NC(=O)C(N)C(C)CC)nc1CC. The van der Waals surface area contributed by atoms with Crippen molar-refractivity contribution in [1.82, 2.24) is 15.2 Å². The molecule has 0 saturated heterocycles. The number of amides is 1. The van der Waals surface area contributed by atoms with E-state index in [0.29, 0.717) is 0 Å². The van der Waals surface area contributed by atoms with Crippen LogP contribution in [0.25, 0.3) is 0 Å². The van der Waals surface area contributed by atoms with Gasteiger partial charge in [0.15, 0.2) is 0 Å². The van der Waals surface area contributed by atoms with Gasteiger partial charge < -0.3 is 5.73 Å². The average Bonchev–Trinajstić information content (AvgIpc) is 2.45. The Hall–Kier alpha value is -1.56. The summed E-state index contributed by atoms with van der Waals surface area (Å²) < 4.78 is 0. The molecular weight excluding hydrogens is 242 g/mol. The molecule has 0 aliphatic carbocycles. The normalized spacial score (nSPS) is 13.9. The molecule has 0 bridgehead atoms. The van der Waals surface area contributed by atoms with Crippen LogP contribution in [0.1, 0.15) is 45.5 Å². The number of hydrogen-bond donors (Lipinski definition) is 2. The molecule has 1 aromatic heterocycles. The second-order valence-electron chi connectivity index (χ2n) is 4.64. The molecule has 0 spiro atoms. The van der Waals surface area contributed by atoms with Crippen LogP contribution in [0.3, 0.4) is 0 Å². The van der Waals surface area contributed by atoms with Gasteiger partial charge in [-0.3, -0.25) is 10.1 Å². The quantitative estimate of drug-likeness (QED) is 0.808. The van der Waals surface area contributed by atoms with E-state index >= 15 is 0 Å². The molecule has 19 heavy (non-hydrogen) atoms. The van der Waals surface area contributed by atoms with Crippen LogP contribution in [-0.4, -0.2) is 27.1 Å². The van der Waals surface area contributed by atoms with Crippen LogP contribution < -0.4 is 11.1 Å². The molecule has 106 valence electrons.